The van der Waals surface area contributed by atoms with Gasteiger partial charge in [-0.2, -0.15) is 0 Å². The van der Waals surface area contributed by atoms with E-state index in [0.717, 1.165) is 34.2 Å². The fraction of sp³-hybridized carbons (Fsp3) is 0.455. The van der Waals surface area contributed by atoms with E-state index in [0.29, 0.717) is 19.8 Å². The van der Waals surface area contributed by atoms with Crippen molar-refractivity contribution < 1.29 is 19.1 Å². The zero-order chi connectivity index (χ0) is 20.6. The number of hydrogen-bond donors (Lipinski definition) is 1. The van der Waals surface area contributed by atoms with E-state index in [1.165, 1.54) is 11.3 Å². The Bertz CT molecular complexity index is 812. The quantitative estimate of drug-likeness (QED) is 0.636. The highest BCUT2D eigenvalue weighted by atomic mass is 32.1. The number of morpholine rings is 1. The molecule has 1 N–H and O–H groups in total. The van der Waals surface area contributed by atoms with Crippen molar-refractivity contribution in [2.24, 2.45) is 0 Å². The molecule has 1 aliphatic rings. The third-order valence-corrected chi connectivity index (χ3v) is 6.12. The summed E-state index contributed by atoms with van der Waals surface area (Å²) in [6.45, 7) is 5.49. The van der Waals surface area contributed by atoms with Gasteiger partial charge in [-0.05, 0) is 36.8 Å². The van der Waals surface area contributed by atoms with Crippen LogP contribution in [0.3, 0.4) is 0 Å². The normalized spacial score (nSPS) is 15.7. The first-order valence-electron chi connectivity index (χ1n) is 9.89. The smallest absolute Gasteiger partial charge is 0.220 e. The maximum Gasteiger partial charge on any atom is 0.220 e. The van der Waals surface area contributed by atoms with E-state index in [4.69, 9.17) is 9.47 Å². The molecule has 2 aromatic rings. The molecule has 0 radical (unpaired) electrons. The van der Waals surface area contributed by atoms with Gasteiger partial charge in [0.15, 0.2) is 5.78 Å². The maximum atomic E-state index is 12.4. The van der Waals surface area contributed by atoms with Gasteiger partial charge < -0.3 is 14.8 Å². The minimum absolute atomic E-state index is 0.0260. The van der Waals surface area contributed by atoms with E-state index in [-0.39, 0.29) is 30.6 Å². The minimum atomic E-state index is -0.0987. The van der Waals surface area contributed by atoms with Crippen LogP contribution in [0.1, 0.15) is 39.0 Å². The molecule has 0 bridgehead atoms. The summed E-state index contributed by atoms with van der Waals surface area (Å²) in [6.07, 6.45) is 0.435. The van der Waals surface area contributed by atoms with Gasteiger partial charge in [0.05, 0.1) is 31.2 Å². The monoisotopic (exact) mass is 416 g/mol. The van der Waals surface area contributed by atoms with E-state index < -0.39 is 0 Å². The largest absolute Gasteiger partial charge is 0.497 e. The summed E-state index contributed by atoms with van der Waals surface area (Å²) in [5.41, 5.74) is 1.12. The Balaban J connectivity index is 1.56. The Morgan fingerprint density at radius 1 is 1.14 bits per heavy atom. The fourth-order valence-corrected chi connectivity index (χ4v) is 4.24. The minimum Gasteiger partial charge on any atom is -0.497 e. The van der Waals surface area contributed by atoms with Crippen LogP contribution in [0, 0.1) is 6.92 Å². The van der Waals surface area contributed by atoms with Crippen LogP contribution in [0.4, 0.5) is 0 Å². The van der Waals surface area contributed by atoms with E-state index in [1.807, 2.05) is 43.3 Å². The lowest BCUT2D eigenvalue weighted by molar-refractivity contribution is -0.121. The second-order valence-corrected chi connectivity index (χ2v) is 8.36. The Morgan fingerprint density at radius 2 is 1.86 bits per heavy atom. The number of ether oxygens (including phenoxy) is 2. The molecule has 1 aromatic heterocycles. The Labute approximate surface area is 175 Å². The predicted molar refractivity (Wildman–Crippen MR) is 114 cm³/mol. The van der Waals surface area contributed by atoms with Crippen LogP contribution in [0.25, 0.3) is 0 Å². The molecule has 6 nitrogen and oxygen atoms in total. The molecule has 0 spiro atoms. The van der Waals surface area contributed by atoms with Crippen molar-refractivity contribution in [1.29, 1.82) is 0 Å². The molecule has 29 heavy (non-hydrogen) atoms. The fourth-order valence-electron chi connectivity index (χ4n) is 3.41. The van der Waals surface area contributed by atoms with Gasteiger partial charge in [-0.15, -0.1) is 11.3 Å². The molecule has 0 saturated carbocycles. The average molecular weight is 417 g/mol. The topological polar surface area (TPSA) is 67.9 Å². The van der Waals surface area contributed by atoms with Gasteiger partial charge in [-0.1, -0.05) is 12.1 Å². The molecule has 1 atom stereocenters. The Morgan fingerprint density at radius 3 is 2.48 bits per heavy atom. The molecule has 1 saturated heterocycles. The van der Waals surface area contributed by atoms with Gasteiger partial charge in [0.1, 0.15) is 5.75 Å². The van der Waals surface area contributed by atoms with E-state index in [2.05, 4.69) is 10.2 Å². The summed E-state index contributed by atoms with van der Waals surface area (Å²) in [5, 5.41) is 3.02. The molecule has 3 rings (SSSR count). The molecule has 1 amide bonds. The molecule has 0 aliphatic carbocycles. The SMILES string of the molecule is COc1ccc([C@@H](CNC(=O)CCC(=O)c2ccc(C)s2)N2CCOCC2)cc1. The second-order valence-electron chi connectivity index (χ2n) is 7.07. The molecule has 0 unspecified atom stereocenters. The molecule has 7 heteroatoms. The zero-order valence-corrected chi connectivity index (χ0v) is 17.8. The standard InChI is InChI=1S/C22H28N2O4S/c1-16-3-9-21(29-16)20(25)8-10-22(26)23-15-19(24-11-13-28-14-12-24)17-4-6-18(27-2)7-5-17/h3-7,9,19H,8,10-15H2,1-2H3,(H,23,26)/t19-/m1/s1. The van der Waals surface area contributed by atoms with Crippen molar-refractivity contribution in [3.63, 3.8) is 0 Å². The molecule has 1 aromatic carbocycles. The van der Waals surface area contributed by atoms with Gasteiger partial charge in [0.2, 0.25) is 5.91 Å². The lowest BCUT2D eigenvalue weighted by Gasteiger charge is -2.35. The summed E-state index contributed by atoms with van der Waals surface area (Å²) < 4.78 is 10.7. The lowest BCUT2D eigenvalue weighted by Crippen LogP contribution is -2.43. The first-order chi connectivity index (χ1) is 14.1. The van der Waals surface area contributed by atoms with Crippen LogP contribution >= 0.6 is 11.3 Å². The van der Waals surface area contributed by atoms with Crippen LogP contribution in [-0.2, 0) is 9.53 Å². The second kappa shape index (κ2) is 10.5. The van der Waals surface area contributed by atoms with Gasteiger partial charge in [0, 0.05) is 37.4 Å². The molecule has 2 heterocycles. The molecule has 156 valence electrons. The van der Waals surface area contributed by atoms with E-state index in [9.17, 15) is 9.59 Å². The van der Waals surface area contributed by atoms with Crippen LogP contribution in [-0.4, -0.2) is 56.5 Å². The number of hydrogen-bond acceptors (Lipinski definition) is 6. The van der Waals surface area contributed by atoms with Crippen LogP contribution in [0.5, 0.6) is 5.75 Å². The molecular weight excluding hydrogens is 388 g/mol. The number of benzene rings is 1. The summed E-state index contributed by atoms with van der Waals surface area (Å²) >= 11 is 1.47. The summed E-state index contributed by atoms with van der Waals surface area (Å²) in [4.78, 5) is 28.8. The first kappa shape index (κ1) is 21.5. The lowest BCUT2D eigenvalue weighted by atomic mass is 10.0. The van der Waals surface area contributed by atoms with Crippen molar-refractivity contribution in [3.8, 4) is 5.75 Å². The highest BCUT2D eigenvalue weighted by Gasteiger charge is 2.23. The number of carbonyl (C=O) groups excluding carboxylic acids is 2. The number of nitrogens with zero attached hydrogens (tertiary/aromatic N) is 1. The van der Waals surface area contributed by atoms with Crippen LogP contribution < -0.4 is 10.1 Å². The van der Waals surface area contributed by atoms with Gasteiger partial charge in [-0.25, -0.2) is 0 Å². The van der Waals surface area contributed by atoms with Gasteiger partial charge >= 0.3 is 0 Å². The van der Waals surface area contributed by atoms with Crippen molar-refractivity contribution in [2.45, 2.75) is 25.8 Å². The number of amides is 1. The summed E-state index contributed by atoms with van der Waals surface area (Å²) in [7, 11) is 1.65. The highest BCUT2D eigenvalue weighted by Crippen LogP contribution is 2.24. The molecule has 1 aliphatic heterocycles. The Hall–Kier alpha value is -2.22. The van der Waals surface area contributed by atoms with Gasteiger partial charge in [0.25, 0.3) is 0 Å². The summed E-state index contributed by atoms with van der Waals surface area (Å²) in [5.74, 6) is 0.734. The number of aryl methyl sites for hydroxylation is 1. The third kappa shape index (κ3) is 6.13. The number of carbonyl (C=O) groups is 2. The molecular formula is C22H28N2O4S. The first-order valence-corrected chi connectivity index (χ1v) is 10.7. The van der Waals surface area contributed by atoms with Crippen molar-refractivity contribution in [3.05, 3.63) is 51.7 Å². The molecule has 1 fully saturated rings. The number of methoxy groups -OCH3 is 1. The number of nitrogens with one attached hydrogen (secondary N) is 1. The van der Waals surface area contributed by atoms with Gasteiger partial charge in [-0.3, -0.25) is 14.5 Å². The Kier molecular flexibility index (Phi) is 7.80. The average Bonchev–Trinajstić information content (AvgIpc) is 3.20. The number of ketones is 1. The number of thiophene rings is 1. The predicted octanol–water partition coefficient (Wildman–Crippen LogP) is 3.22. The van der Waals surface area contributed by atoms with E-state index >= 15 is 0 Å². The van der Waals surface area contributed by atoms with Crippen molar-refractivity contribution >= 4 is 23.0 Å². The number of rotatable bonds is 9. The van der Waals surface area contributed by atoms with Crippen LogP contribution in [0.15, 0.2) is 36.4 Å². The van der Waals surface area contributed by atoms with Crippen molar-refractivity contribution in [1.82, 2.24) is 10.2 Å². The summed E-state index contributed by atoms with van der Waals surface area (Å²) in [6, 6.07) is 11.8. The highest BCUT2D eigenvalue weighted by molar-refractivity contribution is 7.14. The van der Waals surface area contributed by atoms with Crippen LogP contribution in [0.2, 0.25) is 0 Å². The third-order valence-electron chi connectivity index (χ3n) is 5.07. The van der Waals surface area contributed by atoms with E-state index in [1.54, 1.807) is 7.11 Å². The zero-order valence-electron chi connectivity index (χ0n) is 17.0. The number of Topliss-reactive ketones (excluding diaryl/α,β-unsaturated/α-hetero) is 1. The maximum absolute atomic E-state index is 12.4. The van der Waals surface area contributed by atoms with Crippen molar-refractivity contribution in [2.75, 3.05) is 40.0 Å².